The fourth-order valence-electron chi connectivity index (χ4n) is 3.38. The SMILES string of the molecule is COc1cccc(OC)c1C(=O)NC(=S)Nc1ccccc1N1CCCCC1. The fourth-order valence-corrected chi connectivity index (χ4v) is 3.59. The first kappa shape index (κ1) is 19.9. The number of nitrogens with zero attached hydrogens (tertiary/aromatic N) is 1. The second-order valence-electron chi connectivity index (χ2n) is 6.51. The highest BCUT2D eigenvalue weighted by Gasteiger charge is 2.20. The minimum atomic E-state index is -0.387. The van der Waals surface area contributed by atoms with E-state index in [1.54, 1.807) is 18.2 Å². The molecule has 0 atom stereocenters. The topological polar surface area (TPSA) is 62.8 Å². The quantitative estimate of drug-likeness (QED) is 0.746. The standard InChI is InChI=1S/C21H25N3O3S/c1-26-17-11-8-12-18(27-2)19(17)20(25)23-21(28)22-15-9-4-5-10-16(15)24-13-6-3-7-14-24/h4-5,8-12H,3,6-7,13-14H2,1-2H3,(H2,22,23,25,28). The van der Waals surface area contributed by atoms with Crippen molar-refractivity contribution in [3.05, 3.63) is 48.0 Å². The third-order valence-corrected chi connectivity index (χ3v) is 4.94. The highest BCUT2D eigenvalue weighted by Crippen LogP contribution is 2.29. The molecule has 148 valence electrons. The van der Waals surface area contributed by atoms with Gasteiger partial charge in [-0.15, -0.1) is 0 Å². The van der Waals surface area contributed by atoms with Crippen LogP contribution >= 0.6 is 12.2 Å². The van der Waals surface area contributed by atoms with Gasteiger partial charge < -0.3 is 19.7 Å². The summed E-state index contributed by atoms with van der Waals surface area (Å²) in [5.74, 6) is 0.462. The van der Waals surface area contributed by atoms with Crippen LogP contribution in [0.25, 0.3) is 0 Å². The molecule has 1 fully saturated rings. The second-order valence-corrected chi connectivity index (χ2v) is 6.92. The molecule has 6 nitrogen and oxygen atoms in total. The fraction of sp³-hybridized carbons (Fsp3) is 0.333. The first-order chi connectivity index (χ1) is 13.6. The van der Waals surface area contributed by atoms with Gasteiger partial charge >= 0.3 is 0 Å². The predicted molar refractivity (Wildman–Crippen MR) is 116 cm³/mol. The smallest absolute Gasteiger partial charge is 0.264 e. The molecule has 0 radical (unpaired) electrons. The van der Waals surface area contributed by atoms with Gasteiger partial charge in [-0.2, -0.15) is 0 Å². The Hall–Kier alpha value is -2.80. The number of carbonyl (C=O) groups excluding carboxylic acids is 1. The zero-order valence-corrected chi connectivity index (χ0v) is 17.0. The summed E-state index contributed by atoms with van der Waals surface area (Å²) in [6, 6.07) is 13.2. The third kappa shape index (κ3) is 4.54. The van der Waals surface area contributed by atoms with E-state index >= 15 is 0 Å². The van der Waals surface area contributed by atoms with Crippen LogP contribution in [0.4, 0.5) is 11.4 Å². The van der Waals surface area contributed by atoms with Crippen LogP contribution in [0.3, 0.4) is 0 Å². The van der Waals surface area contributed by atoms with E-state index in [9.17, 15) is 4.79 Å². The molecule has 2 N–H and O–H groups in total. The normalized spacial score (nSPS) is 13.6. The lowest BCUT2D eigenvalue weighted by molar-refractivity contribution is 0.0971. The van der Waals surface area contributed by atoms with Gasteiger partial charge in [-0.05, 0) is 55.7 Å². The molecule has 0 aromatic heterocycles. The van der Waals surface area contributed by atoms with E-state index in [4.69, 9.17) is 21.7 Å². The molecule has 28 heavy (non-hydrogen) atoms. The highest BCUT2D eigenvalue weighted by atomic mass is 32.1. The van der Waals surface area contributed by atoms with Crippen molar-refractivity contribution in [2.24, 2.45) is 0 Å². The van der Waals surface area contributed by atoms with Crippen LogP contribution in [-0.4, -0.2) is 38.3 Å². The van der Waals surface area contributed by atoms with E-state index in [-0.39, 0.29) is 11.0 Å². The van der Waals surface area contributed by atoms with Gasteiger partial charge in [0.25, 0.3) is 5.91 Å². The summed E-state index contributed by atoms with van der Waals surface area (Å²) in [4.78, 5) is 15.1. The van der Waals surface area contributed by atoms with Gasteiger partial charge in [0.15, 0.2) is 5.11 Å². The Labute approximate surface area is 170 Å². The zero-order chi connectivity index (χ0) is 19.9. The molecule has 1 amide bonds. The number of para-hydroxylation sites is 2. The van der Waals surface area contributed by atoms with Crippen LogP contribution in [0.2, 0.25) is 0 Å². The summed E-state index contributed by atoms with van der Waals surface area (Å²) in [5, 5.41) is 6.11. The monoisotopic (exact) mass is 399 g/mol. The minimum Gasteiger partial charge on any atom is -0.496 e. The number of thiocarbonyl (C=S) groups is 1. The number of rotatable bonds is 5. The van der Waals surface area contributed by atoms with Gasteiger partial charge in [0.2, 0.25) is 0 Å². The summed E-state index contributed by atoms with van der Waals surface area (Å²) in [7, 11) is 3.02. The van der Waals surface area contributed by atoms with E-state index in [0.717, 1.165) is 24.5 Å². The Bertz CT molecular complexity index is 828. The van der Waals surface area contributed by atoms with Crippen molar-refractivity contribution in [3.63, 3.8) is 0 Å². The highest BCUT2D eigenvalue weighted by molar-refractivity contribution is 7.80. The minimum absolute atomic E-state index is 0.224. The molecule has 1 heterocycles. The third-order valence-electron chi connectivity index (χ3n) is 4.73. The van der Waals surface area contributed by atoms with Crippen LogP contribution in [-0.2, 0) is 0 Å². The van der Waals surface area contributed by atoms with Gasteiger partial charge in [-0.3, -0.25) is 10.1 Å². The number of ether oxygens (including phenoxy) is 2. The lowest BCUT2D eigenvalue weighted by Crippen LogP contribution is -2.36. The van der Waals surface area contributed by atoms with Crippen LogP contribution in [0.5, 0.6) is 11.5 Å². The number of nitrogens with one attached hydrogen (secondary N) is 2. The number of carbonyl (C=O) groups is 1. The van der Waals surface area contributed by atoms with E-state index in [2.05, 4.69) is 21.6 Å². The molecule has 7 heteroatoms. The second kappa shape index (κ2) is 9.41. The summed E-state index contributed by atoms with van der Waals surface area (Å²) < 4.78 is 10.6. The number of piperidine rings is 1. The summed E-state index contributed by atoms with van der Waals surface area (Å²) in [6.45, 7) is 2.05. The van der Waals surface area contributed by atoms with Gasteiger partial charge in [0, 0.05) is 13.1 Å². The number of amides is 1. The molecule has 0 bridgehead atoms. The molecule has 0 aliphatic carbocycles. The van der Waals surface area contributed by atoms with Crippen molar-refractivity contribution in [2.45, 2.75) is 19.3 Å². The Morgan fingerprint density at radius 3 is 2.25 bits per heavy atom. The van der Waals surface area contributed by atoms with Crippen molar-refractivity contribution in [2.75, 3.05) is 37.5 Å². The number of benzene rings is 2. The lowest BCUT2D eigenvalue weighted by Gasteiger charge is -2.30. The van der Waals surface area contributed by atoms with Crippen molar-refractivity contribution in [3.8, 4) is 11.5 Å². The van der Waals surface area contributed by atoms with Gasteiger partial charge in [0.05, 0.1) is 25.6 Å². The first-order valence-corrected chi connectivity index (χ1v) is 9.72. The van der Waals surface area contributed by atoms with E-state index in [1.165, 1.54) is 33.5 Å². The summed E-state index contributed by atoms with van der Waals surface area (Å²) >= 11 is 5.39. The Morgan fingerprint density at radius 1 is 0.964 bits per heavy atom. The maximum atomic E-state index is 12.8. The van der Waals surface area contributed by atoms with Crippen LogP contribution in [0.15, 0.2) is 42.5 Å². The van der Waals surface area contributed by atoms with Crippen molar-refractivity contribution in [1.82, 2.24) is 5.32 Å². The molecule has 0 saturated carbocycles. The van der Waals surface area contributed by atoms with Crippen molar-refractivity contribution in [1.29, 1.82) is 0 Å². The Balaban J connectivity index is 1.74. The number of anilines is 2. The molecular formula is C21H25N3O3S. The Morgan fingerprint density at radius 2 is 1.61 bits per heavy atom. The maximum absolute atomic E-state index is 12.8. The van der Waals surface area contributed by atoms with Crippen LogP contribution in [0.1, 0.15) is 29.6 Å². The predicted octanol–water partition coefficient (Wildman–Crippen LogP) is 3.82. The van der Waals surface area contributed by atoms with Gasteiger partial charge in [0.1, 0.15) is 17.1 Å². The van der Waals surface area contributed by atoms with Gasteiger partial charge in [-0.1, -0.05) is 18.2 Å². The molecule has 2 aromatic rings. The molecule has 2 aromatic carbocycles. The number of methoxy groups -OCH3 is 2. The van der Waals surface area contributed by atoms with E-state index in [1.807, 2.05) is 18.2 Å². The molecule has 0 spiro atoms. The van der Waals surface area contributed by atoms with Crippen LogP contribution < -0.4 is 25.0 Å². The summed E-state index contributed by atoms with van der Waals surface area (Å²) in [6.07, 6.45) is 3.63. The van der Waals surface area contributed by atoms with Gasteiger partial charge in [-0.25, -0.2) is 0 Å². The maximum Gasteiger partial charge on any atom is 0.264 e. The van der Waals surface area contributed by atoms with Crippen molar-refractivity contribution < 1.29 is 14.3 Å². The summed E-state index contributed by atoms with van der Waals surface area (Å²) in [5.41, 5.74) is 2.27. The average molecular weight is 400 g/mol. The molecule has 1 aliphatic heterocycles. The molecular weight excluding hydrogens is 374 g/mol. The number of hydrogen-bond donors (Lipinski definition) is 2. The molecule has 3 rings (SSSR count). The Kier molecular flexibility index (Phi) is 6.71. The van der Waals surface area contributed by atoms with Crippen molar-refractivity contribution >= 4 is 34.6 Å². The molecule has 1 aliphatic rings. The number of hydrogen-bond acceptors (Lipinski definition) is 5. The first-order valence-electron chi connectivity index (χ1n) is 9.31. The van der Waals surface area contributed by atoms with E-state index < -0.39 is 0 Å². The lowest BCUT2D eigenvalue weighted by atomic mass is 10.1. The van der Waals surface area contributed by atoms with E-state index in [0.29, 0.717) is 17.1 Å². The van der Waals surface area contributed by atoms with Crippen LogP contribution in [0, 0.1) is 0 Å². The molecule has 1 saturated heterocycles. The zero-order valence-electron chi connectivity index (χ0n) is 16.2. The average Bonchev–Trinajstić information content (AvgIpc) is 2.73. The largest absolute Gasteiger partial charge is 0.496 e. The molecule has 0 unspecified atom stereocenters.